The number of ether oxygens (including phenoxy) is 2. The van der Waals surface area contributed by atoms with Crippen LogP contribution in [0.1, 0.15) is 38.3 Å². The summed E-state index contributed by atoms with van der Waals surface area (Å²) in [6.07, 6.45) is 0.824. The topological polar surface area (TPSA) is 67.9 Å². The maximum absolute atomic E-state index is 13.2. The lowest BCUT2D eigenvalue weighted by Gasteiger charge is -2.29. The quantitative estimate of drug-likeness (QED) is 0.485. The standard InChI is InChI=1S/C25H33BrN2O4/c1-17(2)15-27-25(30)18(3)28(16-20-6-10-21(26)11-7-20)24(29)13-9-19-8-12-22(31-4)23(14-19)32-5/h6-8,10-12,14,17-18H,9,13,15-16H2,1-5H3,(H,27,30)/t18-/m0/s1. The van der Waals surface area contributed by atoms with Gasteiger partial charge in [0.05, 0.1) is 14.2 Å². The van der Waals surface area contributed by atoms with Gasteiger partial charge in [-0.2, -0.15) is 0 Å². The Labute approximate surface area is 199 Å². The van der Waals surface area contributed by atoms with Gasteiger partial charge in [-0.1, -0.05) is 48.0 Å². The van der Waals surface area contributed by atoms with Crippen molar-refractivity contribution in [3.8, 4) is 11.5 Å². The van der Waals surface area contributed by atoms with E-state index in [0.717, 1.165) is 15.6 Å². The summed E-state index contributed by atoms with van der Waals surface area (Å²) in [5, 5.41) is 2.94. The first-order valence-electron chi connectivity index (χ1n) is 10.8. The molecule has 0 saturated carbocycles. The average molecular weight is 505 g/mol. The summed E-state index contributed by atoms with van der Waals surface area (Å²) in [6, 6.07) is 12.8. The van der Waals surface area contributed by atoms with Crippen LogP contribution >= 0.6 is 15.9 Å². The Morgan fingerprint density at radius 1 is 0.969 bits per heavy atom. The first kappa shape index (κ1) is 25.7. The van der Waals surface area contributed by atoms with Crippen LogP contribution in [0, 0.1) is 5.92 Å². The van der Waals surface area contributed by atoms with Gasteiger partial charge in [0.15, 0.2) is 11.5 Å². The number of hydrogen-bond donors (Lipinski definition) is 1. The van der Waals surface area contributed by atoms with Crippen LogP contribution in [0.3, 0.4) is 0 Å². The zero-order valence-corrected chi connectivity index (χ0v) is 21.1. The predicted octanol–water partition coefficient (Wildman–Crippen LogP) is 4.59. The number of nitrogens with one attached hydrogen (secondary N) is 1. The predicted molar refractivity (Wildman–Crippen MR) is 130 cm³/mol. The molecule has 2 aromatic rings. The smallest absolute Gasteiger partial charge is 0.242 e. The minimum absolute atomic E-state index is 0.0742. The zero-order chi connectivity index (χ0) is 23.7. The van der Waals surface area contributed by atoms with Gasteiger partial charge in [0.1, 0.15) is 6.04 Å². The molecule has 0 unspecified atom stereocenters. The lowest BCUT2D eigenvalue weighted by Crippen LogP contribution is -2.48. The van der Waals surface area contributed by atoms with Gasteiger partial charge < -0.3 is 19.7 Å². The van der Waals surface area contributed by atoms with Gasteiger partial charge in [-0.05, 0) is 54.7 Å². The minimum Gasteiger partial charge on any atom is -0.493 e. The highest BCUT2D eigenvalue weighted by Crippen LogP contribution is 2.28. The molecule has 0 spiro atoms. The Morgan fingerprint density at radius 3 is 2.19 bits per heavy atom. The van der Waals surface area contributed by atoms with E-state index in [4.69, 9.17) is 9.47 Å². The second-order valence-electron chi connectivity index (χ2n) is 8.15. The fraction of sp³-hybridized carbons (Fsp3) is 0.440. The van der Waals surface area contributed by atoms with Crippen molar-refractivity contribution in [3.05, 3.63) is 58.1 Å². The van der Waals surface area contributed by atoms with Crippen molar-refractivity contribution < 1.29 is 19.1 Å². The van der Waals surface area contributed by atoms with Crippen LogP contribution in [0.15, 0.2) is 46.9 Å². The zero-order valence-electron chi connectivity index (χ0n) is 19.5. The van der Waals surface area contributed by atoms with E-state index in [-0.39, 0.29) is 18.2 Å². The second kappa shape index (κ2) is 12.5. The molecule has 1 atom stereocenters. The van der Waals surface area contributed by atoms with Crippen molar-refractivity contribution in [2.24, 2.45) is 5.92 Å². The number of nitrogens with zero attached hydrogens (tertiary/aromatic N) is 1. The number of methoxy groups -OCH3 is 2. The molecule has 32 heavy (non-hydrogen) atoms. The van der Waals surface area contributed by atoms with Crippen LogP contribution in [-0.4, -0.2) is 43.5 Å². The lowest BCUT2D eigenvalue weighted by atomic mass is 10.1. The molecule has 1 N–H and O–H groups in total. The van der Waals surface area contributed by atoms with Crippen LogP contribution in [-0.2, 0) is 22.6 Å². The first-order chi connectivity index (χ1) is 15.2. The van der Waals surface area contributed by atoms with Gasteiger partial charge in [0, 0.05) is 24.0 Å². The number of hydrogen-bond acceptors (Lipinski definition) is 4. The Hall–Kier alpha value is -2.54. The fourth-order valence-electron chi connectivity index (χ4n) is 3.25. The van der Waals surface area contributed by atoms with Gasteiger partial charge >= 0.3 is 0 Å². The number of carbonyl (C=O) groups is 2. The lowest BCUT2D eigenvalue weighted by molar-refractivity contribution is -0.140. The van der Waals surface area contributed by atoms with Crippen LogP contribution < -0.4 is 14.8 Å². The highest BCUT2D eigenvalue weighted by Gasteiger charge is 2.26. The largest absolute Gasteiger partial charge is 0.493 e. The maximum atomic E-state index is 13.2. The van der Waals surface area contributed by atoms with Crippen LogP contribution in [0.4, 0.5) is 0 Å². The van der Waals surface area contributed by atoms with Crippen molar-refractivity contribution >= 4 is 27.7 Å². The molecule has 0 aromatic heterocycles. The molecule has 0 heterocycles. The molecule has 0 aliphatic carbocycles. The molecule has 0 fully saturated rings. The Bertz CT molecular complexity index is 899. The summed E-state index contributed by atoms with van der Waals surface area (Å²) in [5.41, 5.74) is 1.94. The van der Waals surface area contributed by atoms with E-state index in [1.54, 1.807) is 26.0 Å². The number of rotatable bonds is 11. The van der Waals surface area contributed by atoms with E-state index in [1.165, 1.54) is 0 Å². The number of aryl methyl sites for hydroxylation is 1. The molecular weight excluding hydrogens is 472 g/mol. The summed E-state index contributed by atoms with van der Waals surface area (Å²) in [6.45, 7) is 6.81. The molecule has 2 amide bonds. The van der Waals surface area contributed by atoms with E-state index < -0.39 is 6.04 Å². The third-order valence-electron chi connectivity index (χ3n) is 5.19. The van der Waals surface area contributed by atoms with Crippen LogP contribution in [0.2, 0.25) is 0 Å². The first-order valence-corrected chi connectivity index (χ1v) is 11.6. The number of halogens is 1. The summed E-state index contributed by atoms with van der Waals surface area (Å²) in [7, 11) is 3.18. The van der Waals surface area contributed by atoms with Gasteiger partial charge in [-0.15, -0.1) is 0 Å². The molecule has 0 bridgehead atoms. The van der Waals surface area contributed by atoms with Gasteiger partial charge in [0.2, 0.25) is 11.8 Å². The van der Waals surface area contributed by atoms with Gasteiger partial charge in [-0.3, -0.25) is 9.59 Å². The van der Waals surface area contributed by atoms with Crippen molar-refractivity contribution in [2.75, 3.05) is 20.8 Å². The summed E-state index contributed by atoms with van der Waals surface area (Å²) >= 11 is 3.44. The molecule has 2 rings (SSSR count). The Balaban J connectivity index is 2.15. The van der Waals surface area contributed by atoms with Gasteiger partial charge in [0.25, 0.3) is 0 Å². The highest BCUT2D eigenvalue weighted by atomic mass is 79.9. The summed E-state index contributed by atoms with van der Waals surface area (Å²) in [5.74, 6) is 1.40. The maximum Gasteiger partial charge on any atom is 0.242 e. The SMILES string of the molecule is COc1ccc(CCC(=O)N(Cc2ccc(Br)cc2)[C@@H](C)C(=O)NCC(C)C)cc1OC. The molecular formula is C25H33BrN2O4. The summed E-state index contributed by atoms with van der Waals surface area (Å²) in [4.78, 5) is 27.6. The molecule has 0 aliphatic heterocycles. The molecule has 0 aliphatic rings. The molecule has 0 saturated heterocycles. The number of benzene rings is 2. The Morgan fingerprint density at radius 2 is 1.59 bits per heavy atom. The van der Waals surface area contributed by atoms with Crippen molar-refractivity contribution in [3.63, 3.8) is 0 Å². The van der Waals surface area contributed by atoms with Crippen molar-refractivity contribution in [1.82, 2.24) is 10.2 Å². The Kier molecular flexibility index (Phi) is 10.0. The van der Waals surface area contributed by atoms with Gasteiger partial charge in [-0.25, -0.2) is 0 Å². The number of amides is 2. The third-order valence-corrected chi connectivity index (χ3v) is 5.72. The van der Waals surface area contributed by atoms with E-state index in [9.17, 15) is 9.59 Å². The van der Waals surface area contributed by atoms with E-state index in [0.29, 0.717) is 36.9 Å². The highest BCUT2D eigenvalue weighted by molar-refractivity contribution is 9.10. The monoisotopic (exact) mass is 504 g/mol. The van der Waals surface area contributed by atoms with E-state index >= 15 is 0 Å². The fourth-order valence-corrected chi connectivity index (χ4v) is 3.52. The molecule has 174 valence electrons. The normalized spacial score (nSPS) is 11.7. The average Bonchev–Trinajstić information content (AvgIpc) is 2.79. The molecule has 7 heteroatoms. The van der Waals surface area contributed by atoms with Crippen molar-refractivity contribution in [1.29, 1.82) is 0 Å². The molecule has 6 nitrogen and oxygen atoms in total. The summed E-state index contributed by atoms with van der Waals surface area (Å²) < 4.78 is 11.6. The van der Waals surface area contributed by atoms with E-state index in [1.807, 2.05) is 56.3 Å². The van der Waals surface area contributed by atoms with Crippen LogP contribution in [0.25, 0.3) is 0 Å². The molecule has 0 radical (unpaired) electrons. The van der Waals surface area contributed by atoms with Crippen molar-refractivity contribution in [2.45, 2.75) is 46.2 Å². The van der Waals surface area contributed by atoms with Crippen LogP contribution in [0.5, 0.6) is 11.5 Å². The van der Waals surface area contributed by atoms with E-state index in [2.05, 4.69) is 21.2 Å². The second-order valence-corrected chi connectivity index (χ2v) is 9.07. The number of carbonyl (C=O) groups excluding carboxylic acids is 2. The third kappa shape index (κ3) is 7.55. The minimum atomic E-state index is -0.574. The molecule has 2 aromatic carbocycles.